The Bertz CT molecular complexity index is 195. The molecule has 0 aromatic carbocycles. The van der Waals surface area contributed by atoms with Gasteiger partial charge >= 0.3 is 0 Å². The zero-order chi connectivity index (χ0) is 10.6. The van der Waals surface area contributed by atoms with E-state index in [1.54, 1.807) is 14.0 Å². The van der Waals surface area contributed by atoms with E-state index in [-0.39, 0.29) is 11.9 Å². The average Bonchev–Trinajstić information content (AvgIpc) is 2.18. The number of likely N-dealkylation sites (tertiary alicyclic amines) is 1. The Balaban J connectivity index is 2.57. The number of carbonyl (C=O) groups excluding carboxylic acids is 1. The van der Waals surface area contributed by atoms with Gasteiger partial charge in [-0.1, -0.05) is 0 Å². The third kappa shape index (κ3) is 2.69. The molecule has 2 unspecified atom stereocenters. The Morgan fingerprint density at radius 2 is 2.36 bits per heavy atom. The van der Waals surface area contributed by atoms with Gasteiger partial charge in [-0.15, -0.1) is 0 Å². The molecule has 82 valence electrons. The molecular formula is C10H20N2O2. The first-order valence-corrected chi connectivity index (χ1v) is 5.29. The molecule has 1 amide bonds. The number of hydrogen-bond donors (Lipinski definition) is 2. The number of hydrogen-bond acceptors (Lipinski definition) is 3. The minimum atomic E-state index is -0.420. The summed E-state index contributed by atoms with van der Waals surface area (Å²) in [6.45, 7) is 2.91. The van der Waals surface area contributed by atoms with Crippen LogP contribution < -0.4 is 5.32 Å². The molecule has 0 aromatic heterocycles. The van der Waals surface area contributed by atoms with E-state index >= 15 is 0 Å². The Hall–Kier alpha value is -0.610. The lowest BCUT2D eigenvalue weighted by Gasteiger charge is -2.37. The van der Waals surface area contributed by atoms with Crippen LogP contribution in [0.4, 0.5) is 0 Å². The van der Waals surface area contributed by atoms with Gasteiger partial charge in [-0.05, 0) is 33.2 Å². The zero-order valence-electron chi connectivity index (χ0n) is 8.99. The summed E-state index contributed by atoms with van der Waals surface area (Å²) in [4.78, 5) is 13.5. The van der Waals surface area contributed by atoms with Crippen LogP contribution >= 0.6 is 0 Å². The van der Waals surface area contributed by atoms with Crippen LogP contribution in [0, 0.1) is 0 Å². The van der Waals surface area contributed by atoms with Crippen LogP contribution in [-0.2, 0) is 4.79 Å². The Labute approximate surface area is 85.3 Å². The van der Waals surface area contributed by atoms with Crippen LogP contribution in [0.5, 0.6) is 0 Å². The third-order valence-corrected chi connectivity index (χ3v) is 2.75. The molecule has 4 heteroatoms. The van der Waals surface area contributed by atoms with Crippen molar-refractivity contribution in [1.29, 1.82) is 0 Å². The first kappa shape index (κ1) is 11.5. The summed E-state index contributed by atoms with van der Waals surface area (Å²) in [5.74, 6) is 0.0955. The maximum absolute atomic E-state index is 11.7. The largest absolute Gasteiger partial charge is 0.391 e. The molecule has 0 saturated carbocycles. The van der Waals surface area contributed by atoms with Crippen molar-refractivity contribution in [1.82, 2.24) is 10.2 Å². The van der Waals surface area contributed by atoms with Crippen LogP contribution in [0.2, 0.25) is 0 Å². The fourth-order valence-corrected chi connectivity index (χ4v) is 2.02. The lowest BCUT2D eigenvalue weighted by molar-refractivity contribution is -0.136. The number of nitrogens with one attached hydrogen (secondary N) is 1. The summed E-state index contributed by atoms with van der Waals surface area (Å²) >= 11 is 0. The highest BCUT2D eigenvalue weighted by Crippen LogP contribution is 2.19. The molecule has 0 radical (unpaired) electrons. The number of aliphatic hydroxyl groups is 1. The molecule has 1 rings (SSSR count). The van der Waals surface area contributed by atoms with Gasteiger partial charge in [-0.2, -0.15) is 0 Å². The lowest BCUT2D eigenvalue weighted by Crippen LogP contribution is -2.51. The van der Waals surface area contributed by atoms with Crippen LogP contribution in [0.3, 0.4) is 0 Å². The first-order valence-electron chi connectivity index (χ1n) is 5.29. The van der Waals surface area contributed by atoms with Crippen molar-refractivity contribution in [2.75, 3.05) is 20.1 Å². The second-order valence-corrected chi connectivity index (χ2v) is 3.92. The fourth-order valence-electron chi connectivity index (χ4n) is 2.02. The van der Waals surface area contributed by atoms with E-state index in [0.29, 0.717) is 6.54 Å². The zero-order valence-corrected chi connectivity index (χ0v) is 8.99. The minimum Gasteiger partial charge on any atom is -0.391 e. The molecule has 0 aromatic rings. The van der Waals surface area contributed by atoms with Gasteiger partial charge in [-0.25, -0.2) is 0 Å². The molecule has 1 aliphatic rings. The second-order valence-electron chi connectivity index (χ2n) is 3.92. The van der Waals surface area contributed by atoms with E-state index in [4.69, 9.17) is 0 Å². The minimum absolute atomic E-state index is 0.0181. The summed E-state index contributed by atoms with van der Waals surface area (Å²) in [7, 11) is 1.76. The molecule has 0 spiro atoms. The summed E-state index contributed by atoms with van der Waals surface area (Å²) < 4.78 is 0. The van der Waals surface area contributed by atoms with Crippen molar-refractivity contribution < 1.29 is 9.90 Å². The smallest absolute Gasteiger partial charge is 0.236 e. The van der Waals surface area contributed by atoms with E-state index in [0.717, 1.165) is 25.8 Å². The van der Waals surface area contributed by atoms with Gasteiger partial charge in [0.05, 0.1) is 18.7 Å². The van der Waals surface area contributed by atoms with E-state index in [2.05, 4.69) is 5.32 Å². The van der Waals surface area contributed by atoms with Gasteiger partial charge in [0.15, 0.2) is 0 Å². The normalized spacial score (nSPS) is 24.8. The van der Waals surface area contributed by atoms with Crippen molar-refractivity contribution in [3.63, 3.8) is 0 Å². The highest BCUT2D eigenvalue weighted by molar-refractivity contribution is 5.78. The number of aliphatic hydroxyl groups excluding tert-OH is 1. The molecule has 1 saturated heterocycles. The molecule has 2 atom stereocenters. The van der Waals surface area contributed by atoms with E-state index in [1.165, 1.54) is 0 Å². The summed E-state index contributed by atoms with van der Waals surface area (Å²) in [5, 5.41) is 12.4. The lowest BCUT2D eigenvalue weighted by atomic mass is 9.98. The summed E-state index contributed by atoms with van der Waals surface area (Å²) in [6.07, 6.45) is 2.67. The topological polar surface area (TPSA) is 52.6 Å². The molecule has 1 heterocycles. The molecule has 1 fully saturated rings. The summed E-state index contributed by atoms with van der Waals surface area (Å²) in [6, 6.07) is 0.0181. The highest BCUT2D eigenvalue weighted by Gasteiger charge is 2.29. The fraction of sp³-hybridized carbons (Fsp3) is 0.900. The van der Waals surface area contributed by atoms with Gasteiger partial charge in [0, 0.05) is 6.54 Å². The van der Waals surface area contributed by atoms with Gasteiger partial charge in [0.25, 0.3) is 0 Å². The van der Waals surface area contributed by atoms with Crippen molar-refractivity contribution in [2.45, 2.75) is 38.3 Å². The average molecular weight is 200 g/mol. The predicted molar refractivity (Wildman–Crippen MR) is 55.0 cm³/mol. The quantitative estimate of drug-likeness (QED) is 0.672. The van der Waals surface area contributed by atoms with Crippen LogP contribution in [0.25, 0.3) is 0 Å². The maximum atomic E-state index is 11.7. The van der Waals surface area contributed by atoms with E-state index in [9.17, 15) is 9.90 Å². The predicted octanol–water partition coefficient (Wildman–Crippen LogP) is -0.0323. The van der Waals surface area contributed by atoms with Crippen molar-refractivity contribution >= 4 is 5.91 Å². The van der Waals surface area contributed by atoms with E-state index in [1.807, 2.05) is 4.90 Å². The molecule has 0 aliphatic carbocycles. The summed E-state index contributed by atoms with van der Waals surface area (Å²) in [5.41, 5.74) is 0. The van der Waals surface area contributed by atoms with Crippen LogP contribution in [0.1, 0.15) is 26.2 Å². The van der Waals surface area contributed by atoms with Crippen LogP contribution in [-0.4, -0.2) is 48.2 Å². The third-order valence-electron chi connectivity index (χ3n) is 2.75. The number of piperidine rings is 1. The number of likely N-dealkylation sites (N-methyl/N-ethyl adjacent to an activating group) is 1. The van der Waals surface area contributed by atoms with Gasteiger partial charge in [-0.3, -0.25) is 4.79 Å². The van der Waals surface area contributed by atoms with Crippen molar-refractivity contribution in [3.8, 4) is 0 Å². The molecular weight excluding hydrogens is 180 g/mol. The number of rotatable bonds is 3. The van der Waals surface area contributed by atoms with Gasteiger partial charge in [0.1, 0.15) is 0 Å². The number of amides is 1. The second kappa shape index (κ2) is 5.32. The van der Waals surface area contributed by atoms with Crippen molar-refractivity contribution in [2.24, 2.45) is 0 Å². The Morgan fingerprint density at radius 3 is 2.93 bits per heavy atom. The first-order chi connectivity index (χ1) is 6.66. The highest BCUT2D eigenvalue weighted by atomic mass is 16.3. The maximum Gasteiger partial charge on any atom is 0.236 e. The standard InChI is InChI=1S/C10H20N2O2/c1-8(13)9-5-3-4-6-12(9)10(14)7-11-2/h8-9,11,13H,3-7H2,1-2H3. The SMILES string of the molecule is CNCC(=O)N1CCCCC1C(C)O. The Kier molecular flexibility index (Phi) is 4.35. The van der Waals surface area contributed by atoms with Gasteiger partial charge < -0.3 is 15.3 Å². The molecule has 0 bridgehead atoms. The molecule has 14 heavy (non-hydrogen) atoms. The number of carbonyl (C=O) groups is 1. The molecule has 1 aliphatic heterocycles. The molecule has 2 N–H and O–H groups in total. The monoisotopic (exact) mass is 200 g/mol. The van der Waals surface area contributed by atoms with E-state index < -0.39 is 6.10 Å². The van der Waals surface area contributed by atoms with Gasteiger partial charge in [0.2, 0.25) is 5.91 Å². The number of nitrogens with zero attached hydrogens (tertiary/aromatic N) is 1. The Morgan fingerprint density at radius 1 is 1.64 bits per heavy atom. The van der Waals surface area contributed by atoms with Crippen molar-refractivity contribution in [3.05, 3.63) is 0 Å². The molecule has 4 nitrogen and oxygen atoms in total. The van der Waals surface area contributed by atoms with Crippen LogP contribution in [0.15, 0.2) is 0 Å².